The van der Waals surface area contributed by atoms with E-state index in [9.17, 15) is 9.90 Å². The van der Waals surface area contributed by atoms with Gasteiger partial charge < -0.3 is 14.6 Å². The molecule has 2 aromatic carbocycles. The summed E-state index contributed by atoms with van der Waals surface area (Å²) in [5.41, 5.74) is 1.29. The molecule has 0 fully saturated rings. The number of benzene rings is 2. The molecule has 3 nitrogen and oxygen atoms in total. The number of carbonyl (C=O) groups is 1. The Kier molecular flexibility index (Phi) is 3.76. The Balaban J connectivity index is 0.00000120. The van der Waals surface area contributed by atoms with Crippen LogP contribution in [0.15, 0.2) is 48.5 Å². The van der Waals surface area contributed by atoms with Gasteiger partial charge in [-0.3, -0.25) is 0 Å². The summed E-state index contributed by atoms with van der Waals surface area (Å²) >= 11 is 0. The van der Waals surface area contributed by atoms with Crippen molar-refractivity contribution in [2.24, 2.45) is 0 Å². The van der Waals surface area contributed by atoms with E-state index in [1.807, 2.05) is 12.1 Å². The first-order valence-electron chi connectivity index (χ1n) is 5.34. The Bertz CT molecular complexity index is 550. The molecule has 0 saturated heterocycles. The number of carboxylic acids is 1. The van der Waals surface area contributed by atoms with Crippen LogP contribution in [-0.2, 0) is 4.79 Å². The van der Waals surface area contributed by atoms with E-state index in [1.54, 1.807) is 36.4 Å². The molecule has 1 heterocycles. The molecule has 0 atom stereocenters. The molecule has 2 aromatic rings. The topological polar surface area (TPSA) is 49.4 Å². The summed E-state index contributed by atoms with van der Waals surface area (Å²) in [6.07, 6.45) is 0. The second-order valence-electron chi connectivity index (χ2n) is 3.93. The van der Waals surface area contributed by atoms with E-state index < -0.39 is 11.9 Å². The standard InChI is InChI=1S/C14H10O3.Na/c15-14(16)13-9-5-1-3-7-11(9)17-12-8-4-2-6-10(12)13;/h1-8,13H,(H,15,16);/q;+1/p-1. The van der Waals surface area contributed by atoms with E-state index in [2.05, 4.69) is 0 Å². The zero-order valence-corrected chi connectivity index (χ0v) is 11.9. The molecule has 0 aliphatic carbocycles. The third-order valence-electron chi connectivity index (χ3n) is 2.92. The van der Waals surface area contributed by atoms with Crippen LogP contribution in [0.3, 0.4) is 0 Å². The quantitative estimate of drug-likeness (QED) is 0.588. The maximum atomic E-state index is 11.3. The first-order valence-corrected chi connectivity index (χ1v) is 5.34. The van der Waals surface area contributed by atoms with Crippen molar-refractivity contribution in [3.8, 4) is 11.5 Å². The van der Waals surface area contributed by atoms with Gasteiger partial charge in [0, 0.05) is 11.1 Å². The van der Waals surface area contributed by atoms with Crippen LogP contribution in [0.5, 0.6) is 11.5 Å². The van der Waals surface area contributed by atoms with Crippen LogP contribution < -0.4 is 39.4 Å². The maximum absolute atomic E-state index is 11.3. The smallest absolute Gasteiger partial charge is 0.549 e. The van der Waals surface area contributed by atoms with Crippen molar-refractivity contribution in [3.05, 3.63) is 59.7 Å². The zero-order valence-electron chi connectivity index (χ0n) is 9.92. The van der Waals surface area contributed by atoms with Crippen LogP contribution in [-0.4, -0.2) is 5.97 Å². The number of para-hydroxylation sites is 2. The largest absolute Gasteiger partial charge is 1.00 e. The van der Waals surface area contributed by atoms with E-state index in [4.69, 9.17) is 4.74 Å². The van der Waals surface area contributed by atoms with Gasteiger partial charge in [0.1, 0.15) is 11.5 Å². The van der Waals surface area contributed by atoms with Gasteiger partial charge in [0.2, 0.25) is 0 Å². The Morgan fingerprint density at radius 2 is 1.39 bits per heavy atom. The van der Waals surface area contributed by atoms with Crippen LogP contribution >= 0.6 is 0 Å². The molecular weight excluding hydrogens is 239 g/mol. The van der Waals surface area contributed by atoms with Crippen molar-refractivity contribution in [3.63, 3.8) is 0 Å². The minimum Gasteiger partial charge on any atom is -0.549 e. The van der Waals surface area contributed by atoms with E-state index >= 15 is 0 Å². The molecule has 18 heavy (non-hydrogen) atoms. The molecule has 0 spiro atoms. The number of hydrogen-bond acceptors (Lipinski definition) is 3. The normalized spacial score (nSPS) is 12.7. The molecule has 0 N–H and O–H groups in total. The zero-order chi connectivity index (χ0) is 11.8. The monoisotopic (exact) mass is 248 g/mol. The average Bonchev–Trinajstić information content (AvgIpc) is 2.35. The molecule has 84 valence electrons. The van der Waals surface area contributed by atoms with Crippen molar-refractivity contribution in [2.45, 2.75) is 5.92 Å². The number of carbonyl (C=O) groups excluding carboxylic acids is 1. The number of hydrogen-bond donors (Lipinski definition) is 0. The summed E-state index contributed by atoms with van der Waals surface area (Å²) in [5, 5.41) is 11.3. The minimum atomic E-state index is -1.10. The molecule has 0 radical (unpaired) electrons. The van der Waals surface area contributed by atoms with Crippen molar-refractivity contribution < 1.29 is 44.2 Å². The number of aliphatic carboxylic acids is 1. The molecule has 0 saturated carbocycles. The second-order valence-corrected chi connectivity index (χ2v) is 3.93. The van der Waals surface area contributed by atoms with Gasteiger partial charge in [-0.1, -0.05) is 36.4 Å². The summed E-state index contributed by atoms with van der Waals surface area (Å²) in [6.45, 7) is 0. The summed E-state index contributed by atoms with van der Waals surface area (Å²) in [6, 6.07) is 14.3. The molecule has 4 heteroatoms. The van der Waals surface area contributed by atoms with E-state index in [0.29, 0.717) is 22.6 Å². The number of rotatable bonds is 1. The predicted molar refractivity (Wildman–Crippen MR) is 59.8 cm³/mol. The SMILES string of the molecule is O=C([O-])C1c2ccccc2Oc2ccccc21.[Na+]. The fourth-order valence-electron chi connectivity index (χ4n) is 2.16. The van der Waals surface area contributed by atoms with Crippen LogP contribution in [0, 0.1) is 0 Å². The van der Waals surface area contributed by atoms with Gasteiger partial charge in [-0.25, -0.2) is 0 Å². The first-order chi connectivity index (χ1) is 8.27. The Morgan fingerprint density at radius 3 is 1.83 bits per heavy atom. The Hall–Kier alpha value is -1.29. The molecule has 0 amide bonds. The van der Waals surface area contributed by atoms with Crippen molar-refractivity contribution >= 4 is 5.97 Å². The van der Waals surface area contributed by atoms with E-state index in [1.165, 1.54) is 0 Å². The number of carboxylic acid groups (broad SMARTS) is 1. The molecule has 1 aliphatic heterocycles. The molecule has 0 unspecified atom stereocenters. The van der Waals surface area contributed by atoms with E-state index in [-0.39, 0.29) is 29.6 Å². The summed E-state index contributed by atoms with van der Waals surface area (Å²) < 4.78 is 5.67. The Labute approximate surface area is 127 Å². The number of fused-ring (bicyclic) bond motifs is 2. The first kappa shape index (κ1) is 13.1. The van der Waals surface area contributed by atoms with Crippen molar-refractivity contribution in [1.29, 1.82) is 0 Å². The van der Waals surface area contributed by atoms with Crippen LogP contribution in [0.1, 0.15) is 17.0 Å². The van der Waals surface area contributed by atoms with Gasteiger partial charge in [-0.15, -0.1) is 0 Å². The van der Waals surface area contributed by atoms with Crippen LogP contribution in [0.25, 0.3) is 0 Å². The van der Waals surface area contributed by atoms with Crippen LogP contribution in [0.2, 0.25) is 0 Å². The number of ether oxygens (including phenoxy) is 1. The van der Waals surface area contributed by atoms with Gasteiger partial charge in [-0.2, -0.15) is 0 Å². The van der Waals surface area contributed by atoms with E-state index in [0.717, 1.165) is 0 Å². The van der Waals surface area contributed by atoms with Gasteiger partial charge in [0.15, 0.2) is 0 Å². The Morgan fingerprint density at radius 1 is 0.944 bits per heavy atom. The van der Waals surface area contributed by atoms with Crippen molar-refractivity contribution in [2.75, 3.05) is 0 Å². The molecular formula is C14H9NaO3. The van der Waals surface area contributed by atoms with Crippen molar-refractivity contribution in [1.82, 2.24) is 0 Å². The fraction of sp³-hybridized carbons (Fsp3) is 0.0714. The van der Waals surface area contributed by atoms with Gasteiger partial charge in [0.05, 0.1) is 11.9 Å². The third kappa shape index (κ3) is 2.05. The van der Waals surface area contributed by atoms with Gasteiger partial charge in [0.25, 0.3) is 0 Å². The third-order valence-corrected chi connectivity index (χ3v) is 2.92. The summed E-state index contributed by atoms with van der Waals surface area (Å²) in [5.74, 6) is -0.690. The average molecular weight is 248 g/mol. The van der Waals surface area contributed by atoms with Gasteiger partial charge in [-0.05, 0) is 12.1 Å². The fourth-order valence-corrected chi connectivity index (χ4v) is 2.16. The molecule has 3 rings (SSSR count). The maximum Gasteiger partial charge on any atom is 1.00 e. The summed E-state index contributed by atoms with van der Waals surface area (Å²) in [4.78, 5) is 11.3. The minimum absolute atomic E-state index is 0. The second kappa shape index (κ2) is 5.14. The molecule has 1 aliphatic rings. The molecule has 0 bridgehead atoms. The molecule has 0 aromatic heterocycles. The predicted octanol–water partition coefficient (Wildman–Crippen LogP) is -1.32. The van der Waals surface area contributed by atoms with Crippen LogP contribution in [0.4, 0.5) is 0 Å². The van der Waals surface area contributed by atoms with Gasteiger partial charge >= 0.3 is 29.6 Å². The summed E-state index contributed by atoms with van der Waals surface area (Å²) in [7, 11) is 0.